The van der Waals surface area contributed by atoms with E-state index in [0.717, 1.165) is 36.8 Å². The van der Waals surface area contributed by atoms with Gasteiger partial charge in [-0.15, -0.1) is 0 Å². The van der Waals surface area contributed by atoms with Gasteiger partial charge in [-0.3, -0.25) is 19.1 Å². The Morgan fingerprint density at radius 3 is 2.50 bits per heavy atom. The van der Waals surface area contributed by atoms with E-state index in [-0.39, 0.29) is 25.5 Å². The summed E-state index contributed by atoms with van der Waals surface area (Å²) < 4.78 is 25.1. The molecule has 5 rings (SSSR count). The molecule has 0 aromatic heterocycles. The Labute approximate surface area is 284 Å². The monoisotopic (exact) mass is 688 g/mol. The SMILES string of the molecule is CC[C@H]1C[C@]1(NC(=O)[C@@H]1C[C@@H]2CN1C(=O)[C@H](C(C)(C)C)NC(=O)OCCCCCCc1cccc3c1CN(C3)C(=O)O2)P(=O)(O)C(C)C. The molecule has 1 saturated carbocycles. The van der Waals surface area contributed by atoms with E-state index in [4.69, 9.17) is 9.47 Å². The van der Waals surface area contributed by atoms with Crippen LogP contribution in [0.25, 0.3) is 0 Å². The maximum atomic E-state index is 14.3. The van der Waals surface area contributed by atoms with Crippen LogP contribution in [-0.2, 0) is 43.1 Å². The van der Waals surface area contributed by atoms with Crippen LogP contribution in [0.5, 0.6) is 0 Å². The van der Waals surface area contributed by atoms with Crippen LogP contribution in [0, 0.1) is 11.3 Å². The Hall–Kier alpha value is -3.11. The van der Waals surface area contributed by atoms with Crippen molar-refractivity contribution in [2.75, 3.05) is 13.2 Å². The molecular weight excluding hydrogens is 635 g/mol. The van der Waals surface area contributed by atoms with Gasteiger partial charge < -0.3 is 29.9 Å². The standard InChI is InChI=1S/C35H53N4O8P/c1-7-25-18-35(25,48(44,45)22(2)3)37-30(40)28-17-26-20-39(28)31(41)29(34(4,5)6)36-32(42)46-16-11-9-8-10-13-23-14-12-15-24-19-38(21-27(23)24)33(43)47-26/h12,14-15,22,25-26,28-29H,7-11,13,16-21H2,1-6H3,(H,36,42)(H,37,40)(H,44,45)/t25-,26+,28-,29+,35-/m0/s1. The largest absolute Gasteiger partial charge is 0.450 e. The molecule has 1 aliphatic carbocycles. The lowest BCUT2D eigenvalue weighted by Gasteiger charge is -2.36. The van der Waals surface area contributed by atoms with Crippen LogP contribution in [0.4, 0.5) is 9.59 Å². The lowest BCUT2D eigenvalue weighted by Crippen LogP contribution is -2.58. The third-order valence-corrected chi connectivity index (χ3v) is 13.8. The van der Waals surface area contributed by atoms with Crippen molar-refractivity contribution < 1.29 is 38.1 Å². The molecule has 6 atom stereocenters. The highest BCUT2D eigenvalue weighted by Crippen LogP contribution is 2.72. The highest BCUT2D eigenvalue weighted by atomic mass is 31.2. The molecule has 1 unspecified atom stereocenters. The van der Waals surface area contributed by atoms with Gasteiger partial charge in [0.05, 0.1) is 13.2 Å². The fourth-order valence-corrected chi connectivity index (χ4v) is 9.92. The van der Waals surface area contributed by atoms with Gasteiger partial charge in [0.1, 0.15) is 23.5 Å². The smallest absolute Gasteiger partial charge is 0.410 e. The number of nitrogens with zero attached hydrogens (tertiary/aromatic N) is 2. The lowest BCUT2D eigenvalue weighted by molar-refractivity contribution is -0.142. The Kier molecular flexibility index (Phi) is 10.6. The summed E-state index contributed by atoms with van der Waals surface area (Å²) in [7, 11) is -3.83. The van der Waals surface area contributed by atoms with Gasteiger partial charge in [0.2, 0.25) is 19.2 Å². The van der Waals surface area contributed by atoms with Crippen LogP contribution in [-0.4, -0.2) is 81.0 Å². The Bertz CT molecular complexity index is 1460. The first kappa shape index (κ1) is 36.2. The first-order valence-corrected chi connectivity index (χ1v) is 19.3. The predicted octanol–water partition coefficient (Wildman–Crippen LogP) is 5.29. The van der Waals surface area contributed by atoms with Crippen LogP contribution in [0.1, 0.15) is 103 Å². The number of amides is 4. The number of hydrogen-bond donors (Lipinski definition) is 3. The van der Waals surface area contributed by atoms with Crippen molar-refractivity contribution >= 4 is 31.4 Å². The quantitative estimate of drug-likeness (QED) is 0.353. The molecule has 1 saturated heterocycles. The number of rotatable bonds is 5. The van der Waals surface area contributed by atoms with Crippen molar-refractivity contribution in [3.05, 3.63) is 34.9 Å². The first-order valence-electron chi connectivity index (χ1n) is 17.5. The van der Waals surface area contributed by atoms with Crippen molar-refractivity contribution in [3.63, 3.8) is 0 Å². The van der Waals surface area contributed by atoms with E-state index in [1.807, 2.05) is 39.8 Å². The van der Waals surface area contributed by atoms with E-state index in [0.29, 0.717) is 32.4 Å². The Morgan fingerprint density at radius 2 is 1.83 bits per heavy atom. The maximum absolute atomic E-state index is 14.3. The van der Waals surface area contributed by atoms with Crippen molar-refractivity contribution in [2.24, 2.45) is 11.3 Å². The Morgan fingerprint density at radius 1 is 1.12 bits per heavy atom. The van der Waals surface area contributed by atoms with Crippen molar-refractivity contribution in [3.8, 4) is 0 Å². The number of aryl methyl sites for hydroxylation is 1. The summed E-state index contributed by atoms with van der Waals surface area (Å²) in [4.78, 5) is 69.1. The molecule has 3 aliphatic heterocycles. The molecule has 266 valence electrons. The minimum absolute atomic E-state index is 0.0148. The van der Waals surface area contributed by atoms with Crippen LogP contribution in [0.15, 0.2) is 18.2 Å². The topological polar surface area (TPSA) is 155 Å². The number of alkyl carbamates (subject to hydrolysis) is 1. The van der Waals surface area contributed by atoms with E-state index >= 15 is 0 Å². The molecule has 4 bridgehead atoms. The molecule has 0 spiro atoms. The second kappa shape index (κ2) is 14.0. The predicted molar refractivity (Wildman–Crippen MR) is 180 cm³/mol. The van der Waals surface area contributed by atoms with Gasteiger partial charge in [-0.2, -0.15) is 0 Å². The molecule has 1 aromatic carbocycles. The molecule has 4 amide bonds. The highest BCUT2D eigenvalue weighted by molar-refractivity contribution is 7.60. The maximum Gasteiger partial charge on any atom is 0.410 e. The highest BCUT2D eigenvalue weighted by Gasteiger charge is 2.67. The summed E-state index contributed by atoms with van der Waals surface area (Å²) in [5, 5.41) is 4.39. The second-order valence-electron chi connectivity index (χ2n) is 15.3. The van der Waals surface area contributed by atoms with Crippen LogP contribution in [0.2, 0.25) is 0 Å². The summed E-state index contributed by atoms with van der Waals surface area (Å²) in [5.74, 6) is -1.26. The number of hydrogen-bond acceptors (Lipinski definition) is 7. The molecular formula is C35H53N4O8P. The molecule has 3 heterocycles. The summed E-state index contributed by atoms with van der Waals surface area (Å²) >= 11 is 0. The zero-order chi connectivity index (χ0) is 35.0. The first-order chi connectivity index (χ1) is 22.6. The van der Waals surface area contributed by atoms with E-state index < -0.39 is 65.9 Å². The zero-order valence-electron chi connectivity index (χ0n) is 29.3. The number of benzene rings is 1. The number of carbonyl (C=O) groups excluding carboxylic acids is 4. The van der Waals surface area contributed by atoms with Gasteiger partial charge in [0.15, 0.2) is 0 Å². The minimum atomic E-state index is -3.83. The lowest BCUT2D eigenvalue weighted by atomic mass is 9.85. The van der Waals surface area contributed by atoms with Crippen LogP contribution >= 0.6 is 7.37 Å². The molecule has 48 heavy (non-hydrogen) atoms. The molecule has 13 heteroatoms. The van der Waals surface area contributed by atoms with Crippen molar-refractivity contribution in [1.82, 2.24) is 20.4 Å². The zero-order valence-corrected chi connectivity index (χ0v) is 30.1. The fourth-order valence-electron chi connectivity index (χ4n) is 7.54. The molecule has 1 aromatic rings. The number of ether oxygens (including phenoxy) is 2. The number of cyclic esters (lactones) is 1. The van der Waals surface area contributed by atoms with Gasteiger partial charge in [-0.1, -0.05) is 79.0 Å². The fraction of sp³-hybridized carbons (Fsp3) is 0.714. The van der Waals surface area contributed by atoms with Gasteiger partial charge in [-0.25, -0.2) is 9.59 Å². The summed E-state index contributed by atoms with van der Waals surface area (Å²) in [6.45, 7) is 11.7. The second-order valence-corrected chi connectivity index (χ2v) is 18.4. The third kappa shape index (κ3) is 7.25. The summed E-state index contributed by atoms with van der Waals surface area (Å²) in [6, 6.07) is 4.00. The van der Waals surface area contributed by atoms with Crippen molar-refractivity contribution in [2.45, 2.75) is 135 Å². The van der Waals surface area contributed by atoms with E-state index in [2.05, 4.69) is 16.7 Å². The summed E-state index contributed by atoms with van der Waals surface area (Å²) in [6.07, 6.45) is 3.34. The molecule has 2 fully saturated rings. The van der Waals surface area contributed by atoms with Gasteiger partial charge >= 0.3 is 12.2 Å². The average Bonchev–Trinajstić information content (AvgIpc) is 3.33. The van der Waals surface area contributed by atoms with Gasteiger partial charge in [0.25, 0.3) is 0 Å². The number of carbonyl (C=O) groups is 4. The Balaban J connectivity index is 1.44. The third-order valence-electron chi connectivity index (χ3n) is 10.6. The molecule has 4 aliphatic rings. The minimum Gasteiger partial charge on any atom is -0.450 e. The summed E-state index contributed by atoms with van der Waals surface area (Å²) in [5.41, 5.74) is 2.10. The van der Waals surface area contributed by atoms with Crippen LogP contribution in [0.3, 0.4) is 0 Å². The van der Waals surface area contributed by atoms with E-state index in [9.17, 15) is 28.6 Å². The van der Waals surface area contributed by atoms with Crippen molar-refractivity contribution in [1.29, 1.82) is 0 Å². The molecule has 3 N–H and O–H groups in total. The van der Waals surface area contributed by atoms with Gasteiger partial charge in [-0.05, 0) is 53.7 Å². The number of nitrogens with one attached hydrogen (secondary N) is 2. The molecule has 0 radical (unpaired) electrons. The molecule has 12 nitrogen and oxygen atoms in total. The normalized spacial score (nSPS) is 29.9. The van der Waals surface area contributed by atoms with E-state index in [1.165, 1.54) is 10.5 Å². The average molecular weight is 689 g/mol. The van der Waals surface area contributed by atoms with Gasteiger partial charge in [0, 0.05) is 25.2 Å². The van der Waals surface area contributed by atoms with Crippen LogP contribution < -0.4 is 10.6 Å². The van der Waals surface area contributed by atoms with E-state index in [1.54, 1.807) is 18.7 Å². The number of fused-ring (bicyclic) bond motifs is 3.